The summed E-state index contributed by atoms with van der Waals surface area (Å²) in [5.74, 6) is -0.820. The van der Waals surface area contributed by atoms with Crippen LogP contribution in [0.1, 0.15) is 47.6 Å². The molecule has 0 saturated carbocycles. The maximum Gasteiger partial charge on any atom is 0.337 e. The highest BCUT2D eigenvalue weighted by atomic mass is 32.1. The lowest BCUT2D eigenvalue weighted by Crippen LogP contribution is -2.06. The molecule has 0 atom stereocenters. The Hall–Kier alpha value is -1.68. The van der Waals surface area contributed by atoms with Crippen molar-refractivity contribution in [2.75, 3.05) is 0 Å². The molecule has 2 rings (SSSR count). The van der Waals surface area contributed by atoms with Crippen molar-refractivity contribution < 1.29 is 9.90 Å². The smallest absolute Gasteiger partial charge is 0.337 e. The Kier molecular flexibility index (Phi) is 4.00. The van der Waals surface area contributed by atoms with E-state index in [1.807, 2.05) is 13.8 Å². The summed E-state index contributed by atoms with van der Waals surface area (Å²) in [6.45, 7) is 6.05. The van der Waals surface area contributed by atoms with Crippen LogP contribution in [-0.2, 0) is 6.42 Å². The van der Waals surface area contributed by atoms with Gasteiger partial charge in [-0.25, -0.2) is 4.79 Å². The van der Waals surface area contributed by atoms with Gasteiger partial charge in [0.2, 0.25) is 0 Å². The Bertz CT molecular complexity index is 602. The van der Waals surface area contributed by atoms with Crippen LogP contribution in [0, 0.1) is 0 Å². The second-order valence-corrected chi connectivity index (χ2v) is 5.88. The standard InChI is InChI=1S/C15H17NO2S/c1-4-10-5-8-13(19-10)12-7-6-11(15(17)18)14(16-12)9(2)3/h5-9H,4H2,1-3H3,(H,17,18). The number of carboxylic acid groups (broad SMARTS) is 1. The molecule has 100 valence electrons. The molecule has 0 spiro atoms. The lowest BCUT2D eigenvalue weighted by Gasteiger charge is -2.10. The van der Waals surface area contributed by atoms with Crippen molar-refractivity contribution in [1.82, 2.24) is 4.98 Å². The average Bonchev–Trinajstić information content (AvgIpc) is 2.86. The summed E-state index contributed by atoms with van der Waals surface area (Å²) in [5.41, 5.74) is 1.81. The zero-order valence-electron chi connectivity index (χ0n) is 11.3. The molecule has 0 saturated heterocycles. The van der Waals surface area contributed by atoms with Gasteiger partial charge in [-0.05, 0) is 36.6 Å². The zero-order valence-corrected chi connectivity index (χ0v) is 12.1. The molecule has 0 fully saturated rings. The number of carbonyl (C=O) groups is 1. The second-order valence-electron chi connectivity index (χ2n) is 4.71. The van der Waals surface area contributed by atoms with Gasteiger partial charge < -0.3 is 5.11 Å². The van der Waals surface area contributed by atoms with Gasteiger partial charge in [0, 0.05) is 4.88 Å². The summed E-state index contributed by atoms with van der Waals surface area (Å²) in [6, 6.07) is 7.60. The topological polar surface area (TPSA) is 50.2 Å². The van der Waals surface area contributed by atoms with Crippen LogP contribution in [0.25, 0.3) is 10.6 Å². The Balaban J connectivity index is 2.48. The second kappa shape index (κ2) is 5.53. The van der Waals surface area contributed by atoms with Gasteiger partial charge in [0.15, 0.2) is 0 Å². The molecule has 1 N–H and O–H groups in total. The van der Waals surface area contributed by atoms with Crippen LogP contribution < -0.4 is 0 Å². The van der Waals surface area contributed by atoms with Crippen molar-refractivity contribution in [2.24, 2.45) is 0 Å². The highest BCUT2D eigenvalue weighted by Gasteiger charge is 2.16. The van der Waals surface area contributed by atoms with Crippen molar-refractivity contribution in [2.45, 2.75) is 33.1 Å². The molecule has 0 amide bonds. The zero-order chi connectivity index (χ0) is 14.0. The summed E-state index contributed by atoms with van der Waals surface area (Å²) in [5, 5.41) is 9.18. The molecule has 0 radical (unpaired) electrons. The maximum atomic E-state index is 11.2. The van der Waals surface area contributed by atoms with Crippen LogP contribution in [0.4, 0.5) is 0 Å². The minimum atomic E-state index is -0.914. The van der Waals surface area contributed by atoms with Crippen LogP contribution in [-0.4, -0.2) is 16.1 Å². The molecule has 0 aliphatic carbocycles. The van der Waals surface area contributed by atoms with E-state index in [-0.39, 0.29) is 5.92 Å². The molecule has 3 nitrogen and oxygen atoms in total. The average molecular weight is 275 g/mol. The molecule has 0 aliphatic heterocycles. The predicted octanol–water partition coefficient (Wildman–Crippen LogP) is 4.19. The maximum absolute atomic E-state index is 11.2. The van der Waals surface area contributed by atoms with E-state index in [2.05, 4.69) is 24.0 Å². The molecule has 2 heterocycles. The van der Waals surface area contributed by atoms with Crippen molar-refractivity contribution in [3.05, 3.63) is 40.4 Å². The molecule has 2 aromatic rings. The number of aryl methyl sites for hydroxylation is 1. The Morgan fingerprint density at radius 2 is 2.05 bits per heavy atom. The van der Waals surface area contributed by atoms with Crippen LogP contribution in [0.15, 0.2) is 24.3 Å². The number of carboxylic acids is 1. The molecule has 0 aliphatic rings. The molecule has 0 aromatic carbocycles. The first-order chi connectivity index (χ1) is 9.02. The number of pyridine rings is 1. The van der Waals surface area contributed by atoms with E-state index in [9.17, 15) is 9.90 Å². The number of nitrogens with zero attached hydrogens (tertiary/aromatic N) is 1. The third-order valence-electron chi connectivity index (χ3n) is 2.96. The van der Waals surface area contributed by atoms with Crippen LogP contribution in [0.3, 0.4) is 0 Å². The van der Waals surface area contributed by atoms with Crippen LogP contribution >= 0.6 is 11.3 Å². The van der Waals surface area contributed by atoms with Gasteiger partial charge in [-0.15, -0.1) is 11.3 Å². The van der Waals surface area contributed by atoms with E-state index >= 15 is 0 Å². The lowest BCUT2D eigenvalue weighted by atomic mass is 10.0. The van der Waals surface area contributed by atoms with E-state index in [1.54, 1.807) is 23.5 Å². The largest absolute Gasteiger partial charge is 0.478 e. The Labute approximate surface area is 116 Å². The van der Waals surface area contributed by atoms with Gasteiger partial charge in [0.25, 0.3) is 0 Å². The summed E-state index contributed by atoms with van der Waals surface area (Å²) < 4.78 is 0. The van der Waals surface area contributed by atoms with E-state index in [0.29, 0.717) is 11.3 Å². The minimum Gasteiger partial charge on any atom is -0.478 e. The van der Waals surface area contributed by atoms with Gasteiger partial charge in [0.1, 0.15) is 0 Å². The Morgan fingerprint density at radius 1 is 1.32 bits per heavy atom. The third kappa shape index (κ3) is 2.84. The number of hydrogen-bond acceptors (Lipinski definition) is 3. The monoisotopic (exact) mass is 275 g/mol. The highest BCUT2D eigenvalue weighted by molar-refractivity contribution is 7.15. The van der Waals surface area contributed by atoms with Crippen molar-refractivity contribution in [1.29, 1.82) is 0 Å². The van der Waals surface area contributed by atoms with E-state index in [1.165, 1.54) is 4.88 Å². The number of aromatic nitrogens is 1. The molecular weight excluding hydrogens is 258 g/mol. The highest BCUT2D eigenvalue weighted by Crippen LogP contribution is 2.29. The van der Waals surface area contributed by atoms with Gasteiger partial charge in [0.05, 0.1) is 21.8 Å². The number of rotatable bonds is 4. The number of thiophene rings is 1. The first kappa shape index (κ1) is 13.7. The molecular formula is C15H17NO2S. The number of hydrogen-bond donors (Lipinski definition) is 1. The Morgan fingerprint density at radius 3 is 2.58 bits per heavy atom. The first-order valence-corrected chi connectivity index (χ1v) is 7.18. The summed E-state index contributed by atoms with van der Waals surface area (Å²) in [4.78, 5) is 18.1. The fourth-order valence-electron chi connectivity index (χ4n) is 1.94. The van der Waals surface area contributed by atoms with E-state index < -0.39 is 5.97 Å². The minimum absolute atomic E-state index is 0.0941. The van der Waals surface area contributed by atoms with E-state index in [4.69, 9.17) is 0 Å². The fraction of sp³-hybridized carbons (Fsp3) is 0.333. The molecule has 4 heteroatoms. The molecule has 19 heavy (non-hydrogen) atoms. The molecule has 0 bridgehead atoms. The van der Waals surface area contributed by atoms with Crippen molar-refractivity contribution in [3.8, 4) is 10.6 Å². The van der Waals surface area contributed by atoms with Crippen LogP contribution in [0.2, 0.25) is 0 Å². The first-order valence-electron chi connectivity index (χ1n) is 6.36. The summed E-state index contributed by atoms with van der Waals surface area (Å²) >= 11 is 1.71. The van der Waals surface area contributed by atoms with Gasteiger partial charge in [-0.1, -0.05) is 20.8 Å². The molecule has 2 aromatic heterocycles. The third-order valence-corrected chi connectivity index (χ3v) is 4.22. The fourth-order valence-corrected chi connectivity index (χ4v) is 2.86. The van der Waals surface area contributed by atoms with Crippen LogP contribution in [0.5, 0.6) is 0 Å². The number of aromatic carboxylic acids is 1. The lowest BCUT2D eigenvalue weighted by molar-refractivity contribution is 0.0694. The van der Waals surface area contributed by atoms with Crippen molar-refractivity contribution in [3.63, 3.8) is 0 Å². The normalized spacial score (nSPS) is 10.9. The quantitative estimate of drug-likeness (QED) is 0.910. The van der Waals surface area contributed by atoms with Crippen molar-refractivity contribution >= 4 is 17.3 Å². The SMILES string of the molecule is CCc1ccc(-c2ccc(C(=O)O)c(C(C)C)n2)s1. The van der Waals surface area contributed by atoms with E-state index in [0.717, 1.165) is 17.0 Å². The van der Waals surface area contributed by atoms with Gasteiger partial charge in [-0.2, -0.15) is 0 Å². The van der Waals surface area contributed by atoms with Gasteiger partial charge in [-0.3, -0.25) is 4.98 Å². The predicted molar refractivity (Wildman–Crippen MR) is 78.0 cm³/mol. The molecule has 0 unspecified atom stereocenters. The summed E-state index contributed by atoms with van der Waals surface area (Å²) in [7, 11) is 0. The van der Waals surface area contributed by atoms with Gasteiger partial charge >= 0.3 is 5.97 Å². The summed E-state index contributed by atoms with van der Waals surface area (Å²) in [6.07, 6.45) is 1.01.